The number of amides is 2. The third-order valence-corrected chi connectivity index (χ3v) is 7.89. The number of aromatic nitrogens is 1. The Bertz CT molecular complexity index is 1200. The zero-order valence-corrected chi connectivity index (χ0v) is 19.4. The first-order valence-corrected chi connectivity index (χ1v) is 12.6. The molecule has 0 radical (unpaired) electrons. The number of thioether (sulfide) groups is 1. The van der Waals surface area contributed by atoms with Crippen LogP contribution in [0.3, 0.4) is 0 Å². The molecule has 6 nitrogen and oxygen atoms in total. The minimum Gasteiger partial charge on any atom is -0.326 e. The average Bonchev–Trinajstić information content (AvgIpc) is 3.49. The lowest BCUT2D eigenvalue weighted by Crippen LogP contribution is -2.28. The van der Waals surface area contributed by atoms with Crippen molar-refractivity contribution in [3.8, 4) is 10.6 Å². The van der Waals surface area contributed by atoms with E-state index >= 15 is 0 Å². The minimum atomic E-state index is -0.430. The van der Waals surface area contributed by atoms with E-state index in [-0.39, 0.29) is 18.2 Å². The average molecular weight is 465 g/mol. The number of amidine groups is 1. The number of aryl methyl sites for hydroxylation is 1. The maximum Gasteiger partial charge on any atom is 0.240 e. The van der Waals surface area contributed by atoms with Gasteiger partial charge in [-0.15, -0.1) is 11.3 Å². The van der Waals surface area contributed by atoms with Gasteiger partial charge in [0, 0.05) is 17.7 Å². The van der Waals surface area contributed by atoms with Crippen LogP contribution >= 0.6 is 23.1 Å². The third kappa shape index (κ3) is 4.71. The van der Waals surface area contributed by atoms with Crippen LogP contribution in [0.5, 0.6) is 0 Å². The number of carbonyl (C=O) groups excluding carboxylic acids is 2. The van der Waals surface area contributed by atoms with Crippen molar-refractivity contribution in [3.63, 3.8) is 0 Å². The van der Waals surface area contributed by atoms with E-state index in [0.29, 0.717) is 16.9 Å². The second-order valence-corrected chi connectivity index (χ2v) is 10.5. The van der Waals surface area contributed by atoms with Crippen LogP contribution in [0.4, 0.5) is 5.69 Å². The molecule has 1 aliphatic heterocycles. The number of anilines is 1. The van der Waals surface area contributed by atoms with Crippen LogP contribution in [-0.2, 0) is 9.59 Å². The number of benzene rings is 2. The number of hydrogen-bond acceptors (Lipinski definition) is 6. The van der Waals surface area contributed by atoms with Crippen LogP contribution < -0.4 is 10.6 Å². The monoisotopic (exact) mass is 464 g/mol. The fourth-order valence-electron chi connectivity index (χ4n) is 4.03. The maximum absolute atomic E-state index is 12.5. The van der Waals surface area contributed by atoms with Crippen molar-refractivity contribution in [1.82, 2.24) is 10.3 Å². The zero-order valence-electron chi connectivity index (χ0n) is 17.8. The molecule has 1 unspecified atom stereocenters. The van der Waals surface area contributed by atoms with Crippen molar-refractivity contribution in [2.24, 2.45) is 4.99 Å². The van der Waals surface area contributed by atoms with Gasteiger partial charge in [-0.2, -0.15) is 0 Å². The second kappa shape index (κ2) is 9.03. The summed E-state index contributed by atoms with van der Waals surface area (Å²) in [6, 6.07) is 14.2. The van der Waals surface area contributed by atoms with Crippen LogP contribution in [-0.4, -0.2) is 33.3 Å². The molecular weight excluding hydrogens is 440 g/mol. The van der Waals surface area contributed by atoms with E-state index in [0.717, 1.165) is 28.9 Å². The van der Waals surface area contributed by atoms with Gasteiger partial charge >= 0.3 is 0 Å². The second-order valence-electron chi connectivity index (χ2n) is 8.29. The molecule has 2 amide bonds. The smallest absolute Gasteiger partial charge is 0.240 e. The highest BCUT2D eigenvalue weighted by Crippen LogP contribution is 2.31. The Morgan fingerprint density at radius 3 is 2.75 bits per heavy atom. The topological polar surface area (TPSA) is 83.4 Å². The molecular formula is C24H24N4O2S2. The maximum atomic E-state index is 12.5. The summed E-state index contributed by atoms with van der Waals surface area (Å²) in [5.41, 5.74) is 3.94. The fraction of sp³-hybridized carbons (Fsp3) is 0.333. The van der Waals surface area contributed by atoms with Crippen LogP contribution in [0, 0.1) is 6.92 Å². The van der Waals surface area contributed by atoms with Crippen LogP contribution in [0.1, 0.15) is 37.7 Å². The molecule has 1 atom stereocenters. The van der Waals surface area contributed by atoms with Crippen LogP contribution in [0.2, 0.25) is 0 Å². The van der Waals surface area contributed by atoms with Crippen molar-refractivity contribution in [3.05, 3.63) is 48.0 Å². The van der Waals surface area contributed by atoms with Crippen molar-refractivity contribution in [1.29, 1.82) is 0 Å². The van der Waals surface area contributed by atoms with Gasteiger partial charge in [0.25, 0.3) is 0 Å². The van der Waals surface area contributed by atoms with E-state index in [2.05, 4.69) is 34.7 Å². The molecule has 2 fully saturated rings. The van der Waals surface area contributed by atoms with E-state index < -0.39 is 5.25 Å². The Labute approximate surface area is 194 Å². The molecule has 2 heterocycles. The summed E-state index contributed by atoms with van der Waals surface area (Å²) in [4.78, 5) is 34.1. The highest BCUT2D eigenvalue weighted by Gasteiger charge is 2.32. The molecule has 8 heteroatoms. The third-order valence-electron chi connectivity index (χ3n) is 5.73. The zero-order chi connectivity index (χ0) is 22.1. The quantitative estimate of drug-likeness (QED) is 0.548. The summed E-state index contributed by atoms with van der Waals surface area (Å²) in [6.45, 7) is 2.08. The molecule has 164 valence electrons. The molecule has 3 aromatic rings. The van der Waals surface area contributed by atoms with Gasteiger partial charge in [0.2, 0.25) is 11.8 Å². The molecule has 5 rings (SSSR count). The van der Waals surface area contributed by atoms with E-state index in [1.807, 2.05) is 30.3 Å². The first kappa shape index (κ1) is 21.2. The van der Waals surface area contributed by atoms with Crippen LogP contribution in [0.25, 0.3) is 20.8 Å². The predicted octanol–water partition coefficient (Wildman–Crippen LogP) is 5.13. The lowest BCUT2D eigenvalue weighted by atomic mass is 10.2. The summed E-state index contributed by atoms with van der Waals surface area (Å²) in [5, 5.41) is 6.92. The molecule has 32 heavy (non-hydrogen) atoms. The van der Waals surface area contributed by atoms with Gasteiger partial charge in [-0.05, 0) is 61.7 Å². The summed E-state index contributed by atoms with van der Waals surface area (Å²) in [6.07, 6.45) is 4.68. The van der Waals surface area contributed by atoms with Gasteiger partial charge in [0.1, 0.15) is 10.3 Å². The largest absolute Gasteiger partial charge is 0.326 e. The van der Waals surface area contributed by atoms with Crippen LogP contribution in [0.15, 0.2) is 47.5 Å². The number of nitrogens with zero attached hydrogens (tertiary/aromatic N) is 2. The van der Waals surface area contributed by atoms with Crippen molar-refractivity contribution < 1.29 is 9.59 Å². The number of aliphatic imine (C=N–C) groups is 1. The van der Waals surface area contributed by atoms with E-state index in [9.17, 15) is 9.59 Å². The SMILES string of the molecule is Cc1ccc2nc(-c3ccc(NC(=O)CC4SC(=NC5CCCC5)NC4=O)cc3)sc2c1. The lowest BCUT2D eigenvalue weighted by Gasteiger charge is -2.08. The van der Waals surface area contributed by atoms with Gasteiger partial charge in [0.05, 0.1) is 16.3 Å². The Morgan fingerprint density at radius 1 is 1.19 bits per heavy atom. The lowest BCUT2D eigenvalue weighted by molar-refractivity contribution is -0.122. The first-order valence-electron chi connectivity index (χ1n) is 10.9. The number of thiazole rings is 1. The number of rotatable bonds is 5. The molecule has 0 bridgehead atoms. The molecule has 2 aromatic carbocycles. The molecule has 1 aliphatic carbocycles. The molecule has 1 aromatic heterocycles. The van der Waals surface area contributed by atoms with Gasteiger partial charge in [-0.3, -0.25) is 14.6 Å². The van der Waals surface area contributed by atoms with Gasteiger partial charge in [-0.25, -0.2) is 4.98 Å². The number of fused-ring (bicyclic) bond motifs is 1. The summed E-state index contributed by atoms with van der Waals surface area (Å²) < 4.78 is 1.17. The molecule has 1 saturated carbocycles. The number of nitrogens with one attached hydrogen (secondary N) is 2. The fourth-order valence-corrected chi connectivity index (χ4v) is 6.14. The molecule has 2 aliphatic rings. The minimum absolute atomic E-state index is 0.124. The van der Waals surface area contributed by atoms with E-state index in [1.165, 1.54) is 34.9 Å². The van der Waals surface area contributed by atoms with E-state index in [1.54, 1.807) is 11.3 Å². The normalized spacial score (nSPS) is 20.2. The summed E-state index contributed by atoms with van der Waals surface area (Å²) in [5.74, 6) is -0.314. The highest BCUT2D eigenvalue weighted by atomic mass is 32.2. The Morgan fingerprint density at radius 2 is 1.97 bits per heavy atom. The van der Waals surface area contributed by atoms with Crippen molar-refractivity contribution >= 4 is 56.0 Å². The number of hydrogen-bond donors (Lipinski definition) is 2. The van der Waals surface area contributed by atoms with Gasteiger partial charge < -0.3 is 10.6 Å². The van der Waals surface area contributed by atoms with Gasteiger partial charge in [-0.1, -0.05) is 30.7 Å². The van der Waals surface area contributed by atoms with Crippen molar-refractivity contribution in [2.75, 3.05) is 5.32 Å². The summed E-state index contributed by atoms with van der Waals surface area (Å²) in [7, 11) is 0. The molecule has 2 N–H and O–H groups in total. The number of carbonyl (C=O) groups is 2. The Balaban J connectivity index is 1.20. The van der Waals surface area contributed by atoms with Gasteiger partial charge in [0.15, 0.2) is 5.17 Å². The Kier molecular flexibility index (Phi) is 5.97. The Hall–Kier alpha value is -2.71. The standard InChI is InChI=1S/C24H24N4O2S2/c1-14-6-11-18-19(12-14)31-23(27-18)15-7-9-17(10-8-15)25-21(29)13-20-22(30)28-24(32-20)26-16-4-2-3-5-16/h6-12,16,20H,2-5,13H2,1H3,(H,25,29)(H,26,28,30). The van der Waals surface area contributed by atoms with E-state index in [4.69, 9.17) is 4.98 Å². The first-order chi connectivity index (χ1) is 15.5. The highest BCUT2D eigenvalue weighted by molar-refractivity contribution is 8.15. The molecule has 1 saturated heterocycles. The molecule has 0 spiro atoms. The van der Waals surface area contributed by atoms with Crippen molar-refractivity contribution in [2.45, 2.75) is 50.3 Å². The summed E-state index contributed by atoms with van der Waals surface area (Å²) >= 11 is 3.03. The predicted molar refractivity (Wildman–Crippen MR) is 132 cm³/mol.